The van der Waals surface area contributed by atoms with Gasteiger partial charge in [-0.15, -0.1) is 0 Å². The maximum atomic E-state index is 9.79. The van der Waals surface area contributed by atoms with Gasteiger partial charge in [-0.05, 0) is 19.7 Å². The third kappa shape index (κ3) is 109. The highest BCUT2D eigenvalue weighted by atomic mass is 16.7. The molecule has 0 spiro atoms. The number of aliphatic hydroxyl groups excluding tert-OH is 1. The van der Waals surface area contributed by atoms with Crippen molar-refractivity contribution in [3.63, 3.8) is 0 Å². The Bertz CT molecular complexity index is 432. The molecule has 0 atom stereocenters. The van der Waals surface area contributed by atoms with E-state index in [0.29, 0.717) is 65.8 Å². The molecular weight excluding hydrogens is 518 g/mol. The van der Waals surface area contributed by atoms with Gasteiger partial charge in [0.2, 0.25) is 0 Å². The number of nitrogens with two attached hydrogens (primary N) is 2. The largest absolute Gasteiger partial charge is 0.392 e. The van der Waals surface area contributed by atoms with Gasteiger partial charge in [0.1, 0.15) is 19.9 Å². The van der Waals surface area contributed by atoms with E-state index in [1.807, 2.05) is 19.2 Å². The summed E-state index contributed by atoms with van der Waals surface area (Å²) >= 11 is 0. The smallest absolute Gasteiger partial charge is 0.147 e. The van der Waals surface area contributed by atoms with Crippen LogP contribution in [0.4, 0.5) is 0 Å². The molecule has 6 N–H and O–H groups in total. The van der Waals surface area contributed by atoms with Crippen molar-refractivity contribution >= 4 is 6.29 Å². The number of carbonyl (C=O) groups is 1. The second kappa shape index (κ2) is 71.1. The van der Waals surface area contributed by atoms with Gasteiger partial charge in [-0.2, -0.15) is 0 Å². The highest BCUT2D eigenvalue weighted by Gasteiger charge is 1.86. The summed E-state index contributed by atoms with van der Waals surface area (Å²) < 4.78 is 29.6. The lowest BCUT2D eigenvalue weighted by molar-refractivity contribution is -0.104. The Labute approximate surface area is 246 Å². The van der Waals surface area contributed by atoms with Crippen LogP contribution in [-0.4, -0.2) is 112 Å². The van der Waals surface area contributed by atoms with Crippen molar-refractivity contribution in [1.82, 2.24) is 5.32 Å². The summed E-state index contributed by atoms with van der Waals surface area (Å²) in [5.74, 6) is 0. The summed E-state index contributed by atoms with van der Waals surface area (Å²) in [6.07, 6.45) is 13.2. The number of hydrogen-bond donors (Lipinski definition) is 4. The molecule has 0 fully saturated rings. The summed E-state index contributed by atoms with van der Waals surface area (Å²) in [6, 6.07) is 0. The zero-order chi connectivity index (χ0) is 31.8. The number of hydrogen-bond acceptors (Lipinski definition) is 11. The Morgan fingerprint density at radius 1 is 0.675 bits per heavy atom. The van der Waals surface area contributed by atoms with Crippen LogP contribution < -0.4 is 16.8 Å². The summed E-state index contributed by atoms with van der Waals surface area (Å²) in [4.78, 5) is 9.79. The van der Waals surface area contributed by atoms with Crippen molar-refractivity contribution < 1.29 is 38.3 Å². The molecule has 0 aromatic heterocycles. The zero-order valence-corrected chi connectivity index (χ0v) is 26.9. The van der Waals surface area contributed by atoms with Crippen molar-refractivity contribution in [3.05, 3.63) is 36.5 Å². The molecule has 0 heterocycles. The topological polar surface area (TPSA) is 157 Å². The van der Waals surface area contributed by atoms with E-state index in [-0.39, 0.29) is 13.4 Å². The Morgan fingerprint density at radius 2 is 1.07 bits per heavy atom. The first-order chi connectivity index (χ1) is 19.5. The predicted octanol–water partition coefficient (Wildman–Crippen LogP) is 3.07. The van der Waals surface area contributed by atoms with E-state index in [9.17, 15) is 4.79 Å². The highest BCUT2D eigenvalue weighted by molar-refractivity contribution is 5.64. The van der Waals surface area contributed by atoms with E-state index in [2.05, 4.69) is 39.9 Å². The molecule has 0 amide bonds. The maximum absolute atomic E-state index is 9.79. The second-order valence-electron chi connectivity index (χ2n) is 7.06. The molecule has 0 aliphatic rings. The number of aliphatic hydroxyl groups is 1. The highest BCUT2D eigenvalue weighted by Crippen LogP contribution is 1.81. The van der Waals surface area contributed by atoms with Gasteiger partial charge in [-0.3, -0.25) is 4.79 Å². The molecule has 11 nitrogen and oxygen atoms in total. The van der Waals surface area contributed by atoms with Gasteiger partial charge in [0.25, 0.3) is 0 Å². The van der Waals surface area contributed by atoms with Gasteiger partial charge in [-0.1, -0.05) is 77.8 Å². The van der Waals surface area contributed by atoms with Crippen LogP contribution in [0.1, 0.15) is 47.5 Å². The van der Waals surface area contributed by atoms with Crippen LogP contribution in [0.15, 0.2) is 36.5 Å². The fourth-order valence-electron chi connectivity index (χ4n) is 1.20. The van der Waals surface area contributed by atoms with Crippen LogP contribution in [0, 0.1) is 0 Å². The van der Waals surface area contributed by atoms with Crippen molar-refractivity contribution in [2.24, 2.45) is 11.5 Å². The molecule has 244 valence electrons. The zero-order valence-electron chi connectivity index (χ0n) is 26.9. The minimum Gasteiger partial charge on any atom is -0.392 e. The number of allylic oxidation sites excluding steroid dienone is 1. The standard InChI is InChI=1S/C8H17NO3.C8H14O4.C4H9NO.C3H9N.2C3H8/c2*1-10-6-7-12-8-11-5-3-2-4-9;5-3-1-2-4-6;1-3-4-2;2*1-3-2/h2-3H,4-9H2,1H3;2-4H,5-8H2,1H3;1-2,6H,3-5H2;4H,3H2,1-2H3;2*3H2,1-2H3. The first kappa shape index (κ1) is 51.2. The van der Waals surface area contributed by atoms with Crippen molar-refractivity contribution in [3.8, 4) is 0 Å². The number of methoxy groups -OCH3 is 2. The third-order valence-corrected chi connectivity index (χ3v) is 2.90. The van der Waals surface area contributed by atoms with Crippen LogP contribution in [0.3, 0.4) is 0 Å². The first-order valence-corrected chi connectivity index (χ1v) is 13.8. The number of carbonyl (C=O) groups excluding carboxylic acids is 1. The van der Waals surface area contributed by atoms with E-state index >= 15 is 0 Å². The van der Waals surface area contributed by atoms with Crippen molar-refractivity contribution in [2.45, 2.75) is 47.5 Å². The van der Waals surface area contributed by atoms with E-state index in [1.165, 1.54) is 18.9 Å². The van der Waals surface area contributed by atoms with Gasteiger partial charge < -0.3 is 50.3 Å². The normalized spacial score (nSPS) is 9.78. The summed E-state index contributed by atoms with van der Waals surface area (Å²) in [7, 11) is 5.17. The summed E-state index contributed by atoms with van der Waals surface area (Å²) in [5.41, 5.74) is 10.2. The van der Waals surface area contributed by atoms with Crippen molar-refractivity contribution in [2.75, 3.05) is 101 Å². The van der Waals surface area contributed by atoms with Gasteiger partial charge in [0.05, 0.1) is 46.2 Å². The molecule has 0 aliphatic heterocycles. The van der Waals surface area contributed by atoms with E-state index in [4.69, 9.17) is 45.0 Å². The second-order valence-corrected chi connectivity index (χ2v) is 7.06. The molecule has 11 heteroatoms. The number of rotatable bonds is 19. The fourth-order valence-corrected chi connectivity index (χ4v) is 1.20. The fraction of sp³-hybridized carbons (Fsp3) is 0.759. The average molecular weight is 584 g/mol. The van der Waals surface area contributed by atoms with Gasteiger partial charge in [-0.25, -0.2) is 0 Å². The SMILES string of the molecule is CCC.CCC.CCNC.COCCOCOCC=CC=O.COCCOCOCC=CCN.NCC=CCO. The molecule has 0 aromatic rings. The molecule has 0 saturated heterocycles. The minimum atomic E-state index is 0.0944. The van der Waals surface area contributed by atoms with Crippen molar-refractivity contribution in [1.29, 1.82) is 0 Å². The van der Waals surface area contributed by atoms with E-state index in [0.717, 1.165) is 6.54 Å². The minimum absolute atomic E-state index is 0.0944. The van der Waals surface area contributed by atoms with Crippen LogP contribution >= 0.6 is 0 Å². The first-order valence-electron chi connectivity index (χ1n) is 13.8. The molecule has 0 radical (unpaired) electrons. The van der Waals surface area contributed by atoms with Gasteiger partial charge in [0, 0.05) is 27.3 Å². The van der Waals surface area contributed by atoms with Gasteiger partial charge >= 0.3 is 0 Å². The third-order valence-electron chi connectivity index (χ3n) is 2.90. The lowest BCUT2D eigenvalue weighted by Crippen LogP contribution is -2.05. The Balaban J connectivity index is -0.0000000956. The summed E-state index contributed by atoms with van der Waals surface area (Å²) in [6.45, 7) is 16.5. The Hall–Kier alpha value is -1.51. The predicted molar refractivity (Wildman–Crippen MR) is 168 cm³/mol. The Morgan fingerprint density at radius 3 is 1.38 bits per heavy atom. The van der Waals surface area contributed by atoms with Crippen LogP contribution in [0.2, 0.25) is 0 Å². The Kier molecular flexibility index (Phi) is 91.1. The molecule has 0 rings (SSSR count). The van der Waals surface area contributed by atoms with Gasteiger partial charge in [0.15, 0.2) is 0 Å². The lowest BCUT2D eigenvalue weighted by Gasteiger charge is -2.02. The molecule has 0 unspecified atom stereocenters. The summed E-state index contributed by atoms with van der Waals surface area (Å²) in [5, 5.41) is 11.0. The number of nitrogens with one attached hydrogen (secondary N) is 1. The van der Waals surface area contributed by atoms with E-state index < -0.39 is 0 Å². The van der Waals surface area contributed by atoms with Crippen LogP contribution in [0.25, 0.3) is 0 Å². The number of ether oxygens (including phenoxy) is 6. The van der Waals surface area contributed by atoms with Crippen LogP contribution in [0.5, 0.6) is 0 Å². The lowest BCUT2D eigenvalue weighted by atomic mass is 10.5. The molecule has 0 bridgehead atoms. The van der Waals surface area contributed by atoms with E-state index in [1.54, 1.807) is 32.4 Å². The molecule has 40 heavy (non-hydrogen) atoms. The van der Waals surface area contributed by atoms with Crippen LogP contribution in [-0.2, 0) is 33.2 Å². The number of aldehydes is 1. The monoisotopic (exact) mass is 583 g/mol. The molecule has 0 saturated carbocycles. The average Bonchev–Trinajstić information content (AvgIpc) is 2.96. The molecular formula is C29H65N3O8. The quantitative estimate of drug-likeness (QED) is 0.0582. The molecule has 0 aliphatic carbocycles. The maximum Gasteiger partial charge on any atom is 0.147 e. The molecule has 0 aromatic carbocycles.